The van der Waals surface area contributed by atoms with Crippen molar-refractivity contribution in [3.63, 3.8) is 0 Å². The van der Waals surface area contributed by atoms with Crippen LogP contribution in [0.5, 0.6) is 0 Å². The average Bonchev–Trinajstić information content (AvgIpc) is 2.79. The van der Waals surface area contributed by atoms with Crippen molar-refractivity contribution in [3.05, 3.63) is 30.0 Å². The number of hydrogen-bond donors (Lipinski definition) is 4. The number of primary amides is 1. The lowest BCUT2D eigenvalue weighted by molar-refractivity contribution is 0.0933. The Morgan fingerprint density at radius 3 is 2.84 bits per heavy atom. The van der Waals surface area contributed by atoms with E-state index in [0.29, 0.717) is 11.4 Å². The molecule has 1 aromatic carbocycles. The van der Waals surface area contributed by atoms with E-state index in [1.165, 1.54) is 0 Å². The van der Waals surface area contributed by atoms with Crippen LogP contribution in [0.1, 0.15) is 10.5 Å². The zero-order chi connectivity index (χ0) is 13.8. The van der Waals surface area contributed by atoms with E-state index in [1.807, 2.05) is 12.1 Å². The van der Waals surface area contributed by atoms with Crippen molar-refractivity contribution < 1.29 is 14.3 Å². The van der Waals surface area contributed by atoms with Gasteiger partial charge in [0.15, 0.2) is 0 Å². The molecule has 2 rings (SSSR count). The monoisotopic (exact) mass is 262 g/mol. The second-order valence-electron chi connectivity index (χ2n) is 3.92. The van der Waals surface area contributed by atoms with Crippen molar-refractivity contribution in [3.8, 4) is 0 Å². The van der Waals surface area contributed by atoms with Gasteiger partial charge in [0.1, 0.15) is 12.3 Å². The van der Waals surface area contributed by atoms with Crippen LogP contribution in [0.3, 0.4) is 0 Å². The molecule has 0 aliphatic carbocycles. The third-order valence-electron chi connectivity index (χ3n) is 2.56. The largest absolute Gasteiger partial charge is 0.448 e. The number of rotatable bonds is 4. The highest BCUT2D eigenvalue weighted by Gasteiger charge is 2.10. The summed E-state index contributed by atoms with van der Waals surface area (Å²) in [4.78, 5) is 25.1. The van der Waals surface area contributed by atoms with Gasteiger partial charge in [0.25, 0.3) is 5.91 Å². The maximum atomic E-state index is 11.8. The molecule has 1 heterocycles. The number of nitrogen functional groups attached to an aromatic ring is 1. The molecule has 2 amide bonds. The number of carbonyl (C=O) groups is 2. The van der Waals surface area contributed by atoms with Gasteiger partial charge < -0.3 is 26.5 Å². The van der Waals surface area contributed by atoms with Gasteiger partial charge in [-0.1, -0.05) is 12.1 Å². The highest BCUT2D eigenvalue weighted by molar-refractivity contribution is 6.00. The summed E-state index contributed by atoms with van der Waals surface area (Å²) in [7, 11) is 0. The Hall–Kier alpha value is -2.70. The summed E-state index contributed by atoms with van der Waals surface area (Å²) in [6.45, 7) is 0.218. The van der Waals surface area contributed by atoms with E-state index in [1.54, 1.807) is 12.1 Å². The summed E-state index contributed by atoms with van der Waals surface area (Å²) in [6, 6.07) is 7.13. The van der Waals surface area contributed by atoms with Crippen molar-refractivity contribution in [2.24, 2.45) is 5.73 Å². The van der Waals surface area contributed by atoms with Crippen molar-refractivity contribution in [1.29, 1.82) is 0 Å². The van der Waals surface area contributed by atoms with E-state index in [2.05, 4.69) is 15.0 Å². The molecular weight excluding hydrogens is 248 g/mol. The van der Waals surface area contributed by atoms with Gasteiger partial charge in [-0.3, -0.25) is 4.79 Å². The molecular formula is C12H14N4O3. The maximum Gasteiger partial charge on any atom is 0.404 e. The number of hydrogen-bond acceptors (Lipinski definition) is 4. The molecule has 2 aromatic rings. The van der Waals surface area contributed by atoms with E-state index in [0.717, 1.165) is 10.9 Å². The molecule has 7 heteroatoms. The summed E-state index contributed by atoms with van der Waals surface area (Å²) in [5.74, 6) is -0.302. The molecule has 0 unspecified atom stereocenters. The SMILES string of the molecule is NC(=O)OCCNC(=O)c1cc2cccc(N)c2[nH]1. The highest BCUT2D eigenvalue weighted by atomic mass is 16.5. The molecule has 1 aromatic heterocycles. The zero-order valence-electron chi connectivity index (χ0n) is 10.1. The van der Waals surface area contributed by atoms with Crippen LogP contribution in [0, 0.1) is 0 Å². The summed E-state index contributed by atoms with van der Waals surface area (Å²) >= 11 is 0. The normalized spacial score (nSPS) is 10.3. The van der Waals surface area contributed by atoms with Crippen LogP contribution in [0.4, 0.5) is 10.5 Å². The molecule has 6 N–H and O–H groups in total. The summed E-state index contributed by atoms with van der Waals surface area (Å²) in [5.41, 5.74) is 12.3. The molecule has 7 nitrogen and oxygen atoms in total. The van der Waals surface area contributed by atoms with Crippen LogP contribution in [0.2, 0.25) is 0 Å². The van der Waals surface area contributed by atoms with Gasteiger partial charge in [-0.2, -0.15) is 0 Å². The summed E-state index contributed by atoms with van der Waals surface area (Å²) < 4.78 is 4.50. The molecule has 0 aliphatic rings. The molecule has 0 saturated carbocycles. The highest BCUT2D eigenvalue weighted by Crippen LogP contribution is 2.20. The van der Waals surface area contributed by atoms with E-state index in [9.17, 15) is 9.59 Å². The lowest BCUT2D eigenvalue weighted by Crippen LogP contribution is -2.29. The van der Waals surface area contributed by atoms with Crippen LogP contribution in [-0.2, 0) is 4.74 Å². The molecule has 0 aliphatic heterocycles. The topological polar surface area (TPSA) is 123 Å². The molecule has 100 valence electrons. The number of nitrogens with one attached hydrogen (secondary N) is 2. The number of carbonyl (C=O) groups excluding carboxylic acids is 2. The van der Waals surface area contributed by atoms with Gasteiger partial charge in [0.05, 0.1) is 17.7 Å². The summed E-state index contributed by atoms with van der Waals surface area (Å²) in [6.07, 6.45) is -0.868. The van der Waals surface area contributed by atoms with Gasteiger partial charge in [0.2, 0.25) is 0 Å². The van der Waals surface area contributed by atoms with Crippen molar-refractivity contribution >= 4 is 28.6 Å². The second-order valence-corrected chi connectivity index (χ2v) is 3.92. The molecule has 0 saturated heterocycles. The fraction of sp³-hybridized carbons (Fsp3) is 0.167. The third-order valence-corrected chi connectivity index (χ3v) is 2.56. The number of H-pyrrole nitrogens is 1. The van der Waals surface area contributed by atoms with Crippen molar-refractivity contribution in [2.45, 2.75) is 0 Å². The molecule has 0 atom stereocenters. The Bertz CT molecular complexity index is 620. The molecule has 0 radical (unpaired) electrons. The van der Waals surface area contributed by atoms with Gasteiger partial charge in [-0.25, -0.2) is 4.79 Å². The fourth-order valence-electron chi connectivity index (χ4n) is 1.71. The molecule has 0 spiro atoms. The second kappa shape index (κ2) is 5.30. The summed E-state index contributed by atoms with van der Waals surface area (Å²) in [5, 5.41) is 3.45. The quantitative estimate of drug-likeness (QED) is 0.475. The van der Waals surface area contributed by atoms with Crippen molar-refractivity contribution in [1.82, 2.24) is 10.3 Å². The minimum atomic E-state index is -0.868. The first kappa shape index (κ1) is 12.7. The van der Waals surface area contributed by atoms with Crippen molar-refractivity contribution in [2.75, 3.05) is 18.9 Å². The minimum Gasteiger partial charge on any atom is -0.448 e. The standard InChI is InChI=1S/C12H14N4O3/c13-8-3-1-2-7-6-9(16-10(7)8)11(17)15-4-5-19-12(14)18/h1-3,6,16H,4-5,13H2,(H2,14,18)(H,15,17). The first-order chi connectivity index (χ1) is 9.08. The van der Waals surface area contributed by atoms with Gasteiger partial charge in [-0.05, 0) is 12.1 Å². The Balaban J connectivity index is 2.01. The first-order valence-corrected chi connectivity index (χ1v) is 5.65. The maximum absolute atomic E-state index is 11.8. The Morgan fingerprint density at radius 2 is 2.16 bits per heavy atom. The Morgan fingerprint density at radius 1 is 1.37 bits per heavy atom. The van der Waals surface area contributed by atoms with Gasteiger partial charge in [-0.15, -0.1) is 0 Å². The molecule has 19 heavy (non-hydrogen) atoms. The van der Waals surface area contributed by atoms with Crippen LogP contribution < -0.4 is 16.8 Å². The average molecular weight is 262 g/mol. The van der Waals surface area contributed by atoms with Gasteiger partial charge in [0, 0.05) is 5.39 Å². The lowest BCUT2D eigenvalue weighted by Gasteiger charge is -2.03. The zero-order valence-corrected chi connectivity index (χ0v) is 10.1. The van der Waals surface area contributed by atoms with Gasteiger partial charge >= 0.3 is 6.09 Å². The number of para-hydroxylation sites is 1. The molecule has 0 fully saturated rings. The smallest absolute Gasteiger partial charge is 0.404 e. The van der Waals surface area contributed by atoms with Crippen LogP contribution >= 0.6 is 0 Å². The molecule has 0 bridgehead atoms. The number of aromatic amines is 1. The Labute approximate surface area is 108 Å². The number of anilines is 1. The number of benzene rings is 1. The van der Waals surface area contributed by atoms with Crippen LogP contribution in [-0.4, -0.2) is 30.1 Å². The minimum absolute atomic E-state index is 0.0312. The number of amides is 2. The van der Waals surface area contributed by atoms with E-state index in [-0.39, 0.29) is 19.1 Å². The Kier molecular flexibility index (Phi) is 3.56. The van der Waals surface area contributed by atoms with E-state index in [4.69, 9.17) is 11.5 Å². The van der Waals surface area contributed by atoms with Crippen LogP contribution in [0.25, 0.3) is 10.9 Å². The fourth-order valence-corrected chi connectivity index (χ4v) is 1.71. The van der Waals surface area contributed by atoms with E-state index < -0.39 is 6.09 Å². The third kappa shape index (κ3) is 2.95. The first-order valence-electron chi connectivity index (χ1n) is 5.65. The van der Waals surface area contributed by atoms with E-state index >= 15 is 0 Å². The number of fused-ring (bicyclic) bond motifs is 1. The number of nitrogens with two attached hydrogens (primary N) is 2. The predicted octanol–water partition coefficient (Wildman–Crippen LogP) is 0.575. The number of ether oxygens (including phenoxy) is 1. The van der Waals surface area contributed by atoms with Crippen LogP contribution in [0.15, 0.2) is 24.3 Å². The predicted molar refractivity (Wildman–Crippen MR) is 70.6 cm³/mol. The lowest BCUT2D eigenvalue weighted by atomic mass is 10.2. The number of aromatic nitrogens is 1.